The Morgan fingerprint density at radius 2 is 1.78 bits per heavy atom. The van der Waals surface area contributed by atoms with Crippen LogP contribution in [0.15, 0.2) is 42.7 Å². The smallest absolute Gasteiger partial charge is 0.367 e. The molecule has 0 spiro atoms. The monoisotopic (exact) mass is 457 g/mol. The van der Waals surface area contributed by atoms with E-state index in [1.165, 1.54) is 4.90 Å². The number of amides is 1. The number of hydrogen-bond acceptors (Lipinski definition) is 3. The molecule has 1 N–H and O–H groups in total. The fraction of sp³-hybridized carbons (Fsp3) is 0.455. The van der Waals surface area contributed by atoms with Crippen LogP contribution in [0.25, 0.3) is 0 Å². The summed E-state index contributed by atoms with van der Waals surface area (Å²) in [5.41, 5.74) is -1.91. The number of alkyl halides is 6. The number of nitrogens with one attached hydrogen (secondary N) is 1. The number of halogens is 6. The lowest BCUT2D eigenvalue weighted by molar-refractivity contribution is -0.192. The minimum atomic E-state index is -4.78. The van der Waals surface area contributed by atoms with Gasteiger partial charge in [-0.3, -0.25) is 9.78 Å². The van der Waals surface area contributed by atoms with Crippen molar-refractivity contribution in [1.82, 2.24) is 10.3 Å². The molecule has 1 aliphatic carbocycles. The van der Waals surface area contributed by atoms with Crippen LogP contribution >= 0.6 is 0 Å². The van der Waals surface area contributed by atoms with Crippen LogP contribution in [0.2, 0.25) is 0 Å². The molecule has 172 valence electrons. The highest BCUT2D eigenvalue weighted by Gasteiger charge is 2.59. The summed E-state index contributed by atoms with van der Waals surface area (Å²) in [4.78, 5) is 17.2. The molecule has 1 unspecified atom stereocenters. The highest BCUT2D eigenvalue weighted by atomic mass is 19.4. The van der Waals surface area contributed by atoms with Gasteiger partial charge in [0.2, 0.25) is 5.91 Å². The molecule has 1 saturated heterocycles. The molecule has 0 bridgehead atoms. The Hall–Kier alpha value is -2.78. The van der Waals surface area contributed by atoms with Crippen LogP contribution in [0.3, 0.4) is 0 Å². The molecule has 4 nitrogen and oxygen atoms in total. The van der Waals surface area contributed by atoms with Gasteiger partial charge < -0.3 is 10.2 Å². The van der Waals surface area contributed by atoms with Crippen molar-refractivity contribution in [3.8, 4) is 0 Å². The number of nitrogens with zero attached hydrogens (tertiary/aromatic N) is 2. The minimum absolute atomic E-state index is 0.0733. The molecule has 4 rings (SSSR count). The molecule has 10 heteroatoms. The summed E-state index contributed by atoms with van der Waals surface area (Å²) in [5, 5.41) is 2.13. The van der Waals surface area contributed by atoms with Crippen LogP contribution in [0.4, 0.5) is 32.0 Å². The Morgan fingerprint density at radius 3 is 2.38 bits per heavy atom. The number of carbonyl (C=O) groups excluding carboxylic acids is 1. The van der Waals surface area contributed by atoms with Crippen molar-refractivity contribution < 1.29 is 31.1 Å². The fourth-order valence-corrected chi connectivity index (χ4v) is 4.01. The van der Waals surface area contributed by atoms with E-state index in [2.05, 4.69) is 10.3 Å². The van der Waals surface area contributed by atoms with Crippen molar-refractivity contribution in [2.24, 2.45) is 0 Å². The first-order valence-electron chi connectivity index (χ1n) is 10.2. The first kappa shape index (κ1) is 22.4. The molecule has 2 heterocycles. The molecule has 32 heavy (non-hydrogen) atoms. The van der Waals surface area contributed by atoms with Gasteiger partial charge in [0.05, 0.1) is 30.4 Å². The summed E-state index contributed by atoms with van der Waals surface area (Å²) in [7, 11) is 0. The molecule has 1 aromatic heterocycles. The first-order chi connectivity index (χ1) is 15.0. The van der Waals surface area contributed by atoms with Crippen LogP contribution in [0, 0.1) is 0 Å². The maximum atomic E-state index is 14.0. The van der Waals surface area contributed by atoms with E-state index in [0.717, 1.165) is 30.7 Å². The van der Waals surface area contributed by atoms with Crippen LogP contribution in [0.5, 0.6) is 0 Å². The Bertz CT molecular complexity index is 984. The number of aromatic nitrogens is 1. The van der Waals surface area contributed by atoms with Gasteiger partial charge in [0, 0.05) is 12.7 Å². The SMILES string of the molecule is O=C(Cc1ccc(C2CC2)cc1)NC1(C(F)(F)F)CCN(c2cncc(C(F)(F)F)c2)C1. The predicted molar refractivity (Wildman–Crippen MR) is 105 cm³/mol. The van der Waals surface area contributed by atoms with E-state index >= 15 is 0 Å². The summed E-state index contributed by atoms with van der Waals surface area (Å²) in [6.45, 7) is -0.856. The van der Waals surface area contributed by atoms with E-state index in [-0.39, 0.29) is 18.7 Å². The van der Waals surface area contributed by atoms with Crippen LogP contribution < -0.4 is 10.2 Å². The Labute approximate surface area is 180 Å². The van der Waals surface area contributed by atoms with Crippen molar-refractivity contribution in [3.63, 3.8) is 0 Å². The lowest BCUT2D eigenvalue weighted by Gasteiger charge is -2.33. The van der Waals surface area contributed by atoms with E-state index in [1.807, 2.05) is 12.1 Å². The molecule has 1 aliphatic heterocycles. The summed E-state index contributed by atoms with van der Waals surface area (Å²) in [6, 6.07) is 8.02. The van der Waals surface area contributed by atoms with Gasteiger partial charge in [0.25, 0.3) is 0 Å². The van der Waals surface area contributed by atoms with E-state index in [1.54, 1.807) is 12.1 Å². The molecule has 1 aromatic carbocycles. The summed E-state index contributed by atoms with van der Waals surface area (Å²) in [6.07, 6.45) is -6.18. The molecular formula is C22H21F6N3O. The number of benzene rings is 1. The Kier molecular flexibility index (Phi) is 5.58. The zero-order valence-corrected chi connectivity index (χ0v) is 16.9. The predicted octanol–water partition coefficient (Wildman–Crippen LogP) is 4.85. The van der Waals surface area contributed by atoms with Gasteiger partial charge in [-0.2, -0.15) is 26.3 Å². The number of anilines is 1. The normalized spacial score (nSPS) is 21.6. The van der Waals surface area contributed by atoms with E-state index in [9.17, 15) is 31.1 Å². The average molecular weight is 457 g/mol. The third kappa shape index (κ3) is 4.68. The summed E-state index contributed by atoms with van der Waals surface area (Å²) >= 11 is 0. The summed E-state index contributed by atoms with van der Waals surface area (Å²) < 4.78 is 80.8. The van der Waals surface area contributed by atoms with Gasteiger partial charge in [0.15, 0.2) is 5.54 Å². The molecule has 1 amide bonds. The van der Waals surface area contributed by atoms with Gasteiger partial charge in [-0.15, -0.1) is 0 Å². The molecule has 2 aromatic rings. The zero-order valence-electron chi connectivity index (χ0n) is 16.9. The quantitative estimate of drug-likeness (QED) is 0.654. The van der Waals surface area contributed by atoms with Crippen LogP contribution in [0.1, 0.15) is 41.9 Å². The molecule has 0 radical (unpaired) electrons. The van der Waals surface area contributed by atoms with Gasteiger partial charge in [-0.25, -0.2) is 0 Å². The maximum absolute atomic E-state index is 14.0. The number of hydrogen-bond donors (Lipinski definition) is 1. The third-order valence-corrected chi connectivity index (χ3v) is 6.00. The molecule has 1 atom stereocenters. The second-order valence-electron chi connectivity index (χ2n) is 8.42. The molecule has 1 saturated carbocycles. The molecular weight excluding hydrogens is 436 g/mol. The van der Waals surface area contributed by atoms with E-state index in [0.29, 0.717) is 17.7 Å². The largest absolute Gasteiger partial charge is 0.417 e. The Balaban J connectivity index is 1.48. The highest BCUT2D eigenvalue weighted by molar-refractivity contribution is 5.79. The number of pyridine rings is 1. The van der Waals surface area contributed by atoms with Gasteiger partial charge in [-0.05, 0) is 42.4 Å². The summed E-state index contributed by atoms with van der Waals surface area (Å²) in [5.74, 6) is -0.258. The third-order valence-electron chi connectivity index (χ3n) is 6.00. The van der Waals surface area contributed by atoms with E-state index < -0.39 is 42.3 Å². The van der Waals surface area contributed by atoms with E-state index in [4.69, 9.17) is 0 Å². The van der Waals surface area contributed by atoms with Crippen molar-refractivity contribution in [2.75, 3.05) is 18.0 Å². The minimum Gasteiger partial charge on any atom is -0.367 e. The van der Waals surface area contributed by atoms with Crippen LogP contribution in [-0.2, 0) is 17.4 Å². The standard InChI is InChI=1S/C22H21F6N3O/c23-21(24,25)17-10-18(12-29-11-17)31-8-7-20(13-31,22(26,27)28)30-19(32)9-14-1-3-15(4-2-14)16-5-6-16/h1-4,10-12,16H,5-9,13H2,(H,30,32). The average Bonchev–Trinajstić information content (AvgIpc) is 3.47. The number of rotatable bonds is 5. The second-order valence-corrected chi connectivity index (χ2v) is 8.42. The van der Waals surface area contributed by atoms with Crippen molar-refractivity contribution >= 4 is 11.6 Å². The van der Waals surface area contributed by atoms with Gasteiger partial charge >= 0.3 is 12.4 Å². The Morgan fingerprint density at radius 1 is 1.09 bits per heavy atom. The maximum Gasteiger partial charge on any atom is 0.417 e. The van der Waals surface area contributed by atoms with Crippen molar-refractivity contribution in [1.29, 1.82) is 0 Å². The zero-order chi connectivity index (χ0) is 23.1. The first-order valence-corrected chi connectivity index (χ1v) is 10.2. The van der Waals surface area contributed by atoms with Gasteiger partial charge in [0.1, 0.15) is 0 Å². The van der Waals surface area contributed by atoms with Crippen molar-refractivity contribution in [2.45, 2.75) is 49.5 Å². The lowest BCUT2D eigenvalue weighted by Crippen LogP contribution is -2.60. The highest BCUT2D eigenvalue weighted by Crippen LogP contribution is 2.41. The topological polar surface area (TPSA) is 45.2 Å². The van der Waals surface area contributed by atoms with Gasteiger partial charge in [-0.1, -0.05) is 24.3 Å². The van der Waals surface area contributed by atoms with Crippen LogP contribution in [-0.4, -0.2) is 35.7 Å². The second kappa shape index (κ2) is 7.97. The molecule has 2 aliphatic rings. The molecule has 2 fully saturated rings. The number of carbonyl (C=O) groups is 1. The lowest BCUT2D eigenvalue weighted by atomic mass is 9.96. The fourth-order valence-electron chi connectivity index (χ4n) is 4.01. The van der Waals surface area contributed by atoms with Crippen molar-refractivity contribution in [3.05, 3.63) is 59.4 Å².